The van der Waals surface area contributed by atoms with E-state index in [-0.39, 0.29) is 5.56 Å². The zero-order chi connectivity index (χ0) is 20.4. The number of amides is 1. The normalized spacial score (nSPS) is 14.2. The lowest BCUT2D eigenvalue weighted by Crippen LogP contribution is -2.25. The summed E-state index contributed by atoms with van der Waals surface area (Å²) >= 11 is 2.92. The van der Waals surface area contributed by atoms with Gasteiger partial charge < -0.3 is 5.73 Å². The van der Waals surface area contributed by atoms with Crippen LogP contribution in [0.1, 0.15) is 53.9 Å². The first-order valence-electron chi connectivity index (χ1n) is 10.2. The van der Waals surface area contributed by atoms with Crippen molar-refractivity contribution in [2.75, 3.05) is 0 Å². The highest BCUT2D eigenvalue weighted by atomic mass is 32.2. The lowest BCUT2D eigenvalue weighted by atomic mass is 10.1. The number of unbranched alkanes of at least 4 members (excludes halogenated alkanes) is 2. The zero-order valence-electron chi connectivity index (χ0n) is 16.5. The van der Waals surface area contributed by atoms with E-state index < -0.39 is 11.2 Å². The van der Waals surface area contributed by atoms with Crippen molar-refractivity contribution in [3.05, 3.63) is 56.7 Å². The topological polar surface area (TPSA) is 78.0 Å². The molecule has 3 aromatic rings. The van der Waals surface area contributed by atoms with Crippen LogP contribution < -0.4 is 11.3 Å². The molecule has 1 aromatic carbocycles. The number of nitrogens with two attached hydrogens (primary N) is 1. The van der Waals surface area contributed by atoms with Gasteiger partial charge in [-0.15, -0.1) is 11.3 Å². The van der Waals surface area contributed by atoms with Gasteiger partial charge in [-0.25, -0.2) is 4.98 Å². The third kappa shape index (κ3) is 3.98. The standard InChI is InChI=1S/C22H25N3O2S2/c1-2-3-7-13-25-21(27)17-15-11-8-12-16(15)28-20(17)24-22(25)29-18(19(23)26)14-9-5-4-6-10-14/h4-6,9-10,18H,2-3,7-8,11-13H2,1H3,(H2,23,26). The Bertz CT molecular complexity index is 1090. The number of carbonyl (C=O) groups excluding carboxylic acids is 1. The molecule has 1 unspecified atom stereocenters. The van der Waals surface area contributed by atoms with Crippen molar-refractivity contribution in [2.45, 2.75) is 62.4 Å². The number of benzene rings is 1. The van der Waals surface area contributed by atoms with Crippen LogP contribution in [0.5, 0.6) is 0 Å². The van der Waals surface area contributed by atoms with E-state index >= 15 is 0 Å². The Morgan fingerprint density at radius 1 is 1.28 bits per heavy atom. The highest BCUT2D eigenvalue weighted by molar-refractivity contribution is 8.00. The number of aromatic nitrogens is 2. The fraction of sp³-hybridized carbons (Fsp3) is 0.409. The molecule has 5 nitrogen and oxygen atoms in total. The third-order valence-corrected chi connectivity index (χ3v) is 7.81. The van der Waals surface area contributed by atoms with Gasteiger partial charge in [0.25, 0.3) is 5.56 Å². The number of primary amides is 1. The molecule has 1 aliphatic carbocycles. The first-order chi connectivity index (χ1) is 14.1. The van der Waals surface area contributed by atoms with Crippen molar-refractivity contribution in [1.29, 1.82) is 0 Å². The largest absolute Gasteiger partial charge is 0.368 e. The second-order valence-electron chi connectivity index (χ2n) is 7.41. The van der Waals surface area contributed by atoms with Crippen molar-refractivity contribution < 1.29 is 4.79 Å². The molecule has 2 heterocycles. The maximum Gasteiger partial charge on any atom is 0.263 e. The van der Waals surface area contributed by atoms with Crippen LogP contribution in [0.2, 0.25) is 0 Å². The van der Waals surface area contributed by atoms with E-state index in [0.717, 1.165) is 54.3 Å². The Balaban J connectivity index is 1.80. The van der Waals surface area contributed by atoms with Crippen LogP contribution in [-0.2, 0) is 24.2 Å². The maximum absolute atomic E-state index is 13.5. The monoisotopic (exact) mass is 427 g/mol. The summed E-state index contributed by atoms with van der Waals surface area (Å²) in [5.41, 5.74) is 7.78. The fourth-order valence-electron chi connectivity index (χ4n) is 3.89. The summed E-state index contributed by atoms with van der Waals surface area (Å²) < 4.78 is 1.77. The molecular weight excluding hydrogens is 402 g/mol. The van der Waals surface area contributed by atoms with Gasteiger partial charge in [-0.1, -0.05) is 61.9 Å². The molecular formula is C22H25N3O2S2. The highest BCUT2D eigenvalue weighted by Crippen LogP contribution is 2.38. The molecule has 1 aliphatic rings. The minimum Gasteiger partial charge on any atom is -0.368 e. The van der Waals surface area contributed by atoms with Crippen molar-refractivity contribution in [1.82, 2.24) is 9.55 Å². The van der Waals surface area contributed by atoms with Gasteiger partial charge >= 0.3 is 0 Å². The van der Waals surface area contributed by atoms with E-state index in [1.807, 2.05) is 30.3 Å². The number of nitrogens with zero attached hydrogens (tertiary/aromatic N) is 2. The summed E-state index contributed by atoms with van der Waals surface area (Å²) in [6, 6.07) is 9.46. The number of aryl methyl sites for hydroxylation is 2. The summed E-state index contributed by atoms with van der Waals surface area (Å²) in [4.78, 5) is 32.6. The molecule has 2 aromatic heterocycles. The molecule has 0 fully saturated rings. The van der Waals surface area contributed by atoms with Crippen molar-refractivity contribution >= 4 is 39.2 Å². The molecule has 0 saturated heterocycles. The highest BCUT2D eigenvalue weighted by Gasteiger charge is 2.26. The van der Waals surface area contributed by atoms with E-state index in [0.29, 0.717) is 11.7 Å². The summed E-state index contributed by atoms with van der Waals surface area (Å²) in [6.45, 7) is 2.76. The second-order valence-corrected chi connectivity index (χ2v) is 9.56. The number of fused-ring (bicyclic) bond motifs is 3. The van der Waals surface area contributed by atoms with Crippen LogP contribution in [-0.4, -0.2) is 15.5 Å². The van der Waals surface area contributed by atoms with Gasteiger partial charge in [-0.2, -0.15) is 0 Å². The Morgan fingerprint density at radius 3 is 2.79 bits per heavy atom. The van der Waals surface area contributed by atoms with Crippen LogP contribution in [0, 0.1) is 0 Å². The molecule has 0 saturated carbocycles. The summed E-state index contributed by atoms with van der Waals surface area (Å²) in [5, 5.41) is 0.801. The second kappa shape index (κ2) is 8.71. The molecule has 0 aliphatic heterocycles. The number of hydrogen-bond acceptors (Lipinski definition) is 5. The van der Waals surface area contributed by atoms with Gasteiger partial charge in [-0.05, 0) is 36.8 Å². The van der Waals surface area contributed by atoms with Gasteiger partial charge in [0.05, 0.1) is 5.39 Å². The lowest BCUT2D eigenvalue weighted by Gasteiger charge is -2.17. The minimum absolute atomic E-state index is 0.0317. The molecule has 1 atom stereocenters. The molecule has 2 N–H and O–H groups in total. The average Bonchev–Trinajstić information content (AvgIpc) is 3.29. The van der Waals surface area contributed by atoms with Crippen LogP contribution in [0.15, 0.2) is 40.3 Å². The first kappa shape index (κ1) is 20.2. The SMILES string of the molecule is CCCCCn1c(SC(C(N)=O)c2ccccc2)nc2sc3c(c2c1=O)CCC3. The van der Waals surface area contributed by atoms with E-state index in [1.54, 1.807) is 15.9 Å². The van der Waals surface area contributed by atoms with Gasteiger partial charge in [0.1, 0.15) is 10.1 Å². The Morgan fingerprint density at radius 2 is 2.07 bits per heavy atom. The average molecular weight is 428 g/mol. The zero-order valence-corrected chi connectivity index (χ0v) is 18.2. The molecule has 0 spiro atoms. The van der Waals surface area contributed by atoms with Crippen molar-refractivity contribution in [3.8, 4) is 0 Å². The molecule has 1 amide bonds. The molecule has 29 heavy (non-hydrogen) atoms. The van der Waals surface area contributed by atoms with E-state index in [1.165, 1.54) is 22.2 Å². The van der Waals surface area contributed by atoms with Gasteiger partial charge in [0.2, 0.25) is 5.91 Å². The maximum atomic E-state index is 13.5. The predicted octanol–water partition coefficient (Wildman–Crippen LogP) is 4.46. The fourth-order valence-corrected chi connectivity index (χ4v) is 6.26. The van der Waals surface area contributed by atoms with Crippen LogP contribution >= 0.6 is 23.1 Å². The van der Waals surface area contributed by atoms with Gasteiger partial charge in [-0.3, -0.25) is 14.2 Å². The minimum atomic E-state index is -0.579. The van der Waals surface area contributed by atoms with Crippen molar-refractivity contribution in [2.24, 2.45) is 5.73 Å². The quantitative estimate of drug-likeness (QED) is 0.327. The van der Waals surface area contributed by atoms with Crippen LogP contribution in [0.25, 0.3) is 10.2 Å². The van der Waals surface area contributed by atoms with Gasteiger partial charge in [0, 0.05) is 11.4 Å². The summed E-state index contributed by atoms with van der Waals surface area (Å²) in [7, 11) is 0. The Kier molecular flexibility index (Phi) is 6.06. The number of thioether (sulfide) groups is 1. The van der Waals surface area contributed by atoms with E-state index in [4.69, 9.17) is 10.7 Å². The molecule has 4 rings (SSSR count). The summed E-state index contributed by atoms with van der Waals surface area (Å²) in [6.07, 6.45) is 6.14. The number of hydrogen-bond donors (Lipinski definition) is 1. The smallest absolute Gasteiger partial charge is 0.263 e. The Labute approximate surface area is 178 Å². The van der Waals surface area contributed by atoms with Crippen LogP contribution in [0.4, 0.5) is 0 Å². The molecule has 152 valence electrons. The molecule has 0 bridgehead atoms. The van der Waals surface area contributed by atoms with Crippen molar-refractivity contribution in [3.63, 3.8) is 0 Å². The first-order valence-corrected chi connectivity index (χ1v) is 11.9. The van der Waals surface area contributed by atoms with E-state index in [9.17, 15) is 9.59 Å². The lowest BCUT2D eigenvalue weighted by molar-refractivity contribution is -0.117. The number of thiophene rings is 1. The van der Waals surface area contributed by atoms with Crippen LogP contribution in [0.3, 0.4) is 0 Å². The molecule has 0 radical (unpaired) electrons. The molecule has 7 heteroatoms. The predicted molar refractivity (Wildman–Crippen MR) is 120 cm³/mol. The van der Waals surface area contributed by atoms with E-state index in [2.05, 4.69) is 6.92 Å². The Hall–Kier alpha value is -2.12. The third-order valence-electron chi connectivity index (χ3n) is 5.36. The van der Waals surface area contributed by atoms with Gasteiger partial charge in [0.15, 0.2) is 5.16 Å². The number of rotatable bonds is 8. The summed E-state index contributed by atoms with van der Waals surface area (Å²) in [5.74, 6) is -0.427. The number of carbonyl (C=O) groups is 1.